The van der Waals surface area contributed by atoms with E-state index in [1.807, 2.05) is 55.5 Å². The number of aliphatic hydroxyl groups excluding tert-OH is 1. The van der Waals surface area contributed by atoms with Gasteiger partial charge >= 0.3 is 0 Å². The predicted octanol–water partition coefficient (Wildman–Crippen LogP) is 3.56. The molecule has 0 radical (unpaired) electrons. The molecule has 4 rings (SSSR count). The third-order valence-corrected chi connectivity index (χ3v) is 4.77. The highest BCUT2D eigenvalue weighted by atomic mass is 19.1. The van der Waals surface area contributed by atoms with Crippen molar-refractivity contribution in [1.29, 1.82) is 0 Å². The monoisotopic (exact) mass is 390 g/mol. The number of aliphatic hydroxyl groups is 1. The average Bonchev–Trinajstić information content (AvgIpc) is 3.14. The summed E-state index contributed by atoms with van der Waals surface area (Å²) in [6.07, 6.45) is 4.11. The lowest BCUT2D eigenvalue weighted by atomic mass is 9.98. The third kappa shape index (κ3) is 3.86. The molecule has 0 saturated carbocycles. The summed E-state index contributed by atoms with van der Waals surface area (Å²) in [7, 11) is 0. The Kier molecular flexibility index (Phi) is 5.05. The van der Waals surface area contributed by atoms with Crippen LogP contribution in [0.15, 0.2) is 67.1 Å². The minimum absolute atomic E-state index is 0.293. The van der Waals surface area contributed by atoms with Crippen LogP contribution in [0.2, 0.25) is 0 Å². The molecule has 146 valence electrons. The Hall–Kier alpha value is -3.58. The molecule has 2 N–H and O–H groups in total. The number of aromatic nitrogens is 3. The van der Waals surface area contributed by atoms with Crippen molar-refractivity contribution in [1.82, 2.24) is 14.4 Å². The molecule has 7 heteroatoms. The number of rotatable bonds is 5. The summed E-state index contributed by atoms with van der Waals surface area (Å²) < 4.78 is 14.9. The van der Waals surface area contributed by atoms with Crippen molar-refractivity contribution in [3.63, 3.8) is 0 Å². The minimum Gasteiger partial charge on any atom is -0.395 e. The van der Waals surface area contributed by atoms with Crippen LogP contribution in [0.5, 0.6) is 0 Å². The van der Waals surface area contributed by atoms with Crippen LogP contribution in [0.1, 0.15) is 17.0 Å². The second-order valence-electron chi connectivity index (χ2n) is 6.77. The van der Waals surface area contributed by atoms with E-state index in [2.05, 4.69) is 15.3 Å². The number of nitrogens with one attached hydrogen (secondary N) is 1. The SMILES string of the molecule is Cc1ccc(-c2cn3cc(F)cnc3n2)cc1NC(=O)C(CO)c1ccccc1. The number of imidazole rings is 1. The highest BCUT2D eigenvalue weighted by Gasteiger charge is 2.20. The summed E-state index contributed by atoms with van der Waals surface area (Å²) in [5, 5.41) is 12.6. The molecule has 1 unspecified atom stereocenters. The number of nitrogens with zero attached hydrogens (tertiary/aromatic N) is 3. The first-order chi connectivity index (χ1) is 14.0. The third-order valence-electron chi connectivity index (χ3n) is 4.77. The second-order valence-corrected chi connectivity index (χ2v) is 6.77. The fourth-order valence-corrected chi connectivity index (χ4v) is 3.16. The van der Waals surface area contributed by atoms with Gasteiger partial charge < -0.3 is 10.4 Å². The van der Waals surface area contributed by atoms with Gasteiger partial charge in [-0.2, -0.15) is 0 Å². The maximum atomic E-state index is 13.4. The van der Waals surface area contributed by atoms with Gasteiger partial charge in [-0.3, -0.25) is 9.20 Å². The first-order valence-electron chi connectivity index (χ1n) is 9.13. The summed E-state index contributed by atoms with van der Waals surface area (Å²) in [6.45, 7) is 1.59. The zero-order valence-electron chi connectivity index (χ0n) is 15.7. The van der Waals surface area contributed by atoms with Gasteiger partial charge in [0.25, 0.3) is 0 Å². The Morgan fingerprint density at radius 2 is 2.00 bits per heavy atom. The zero-order chi connectivity index (χ0) is 20.4. The van der Waals surface area contributed by atoms with Gasteiger partial charge in [0.2, 0.25) is 11.7 Å². The molecule has 1 atom stereocenters. The largest absolute Gasteiger partial charge is 0.395 e. The lowest BCUT2D eigenvalue weighted by Gasteiger charge is -2.16. The summed E-state index contributed by atoms with van der Waals surface area (Å²) in [4.78, 5) is 21.1. The molecular formula is C22H19FN4O2. The second kappa shape index (κ2) is 7.81. The lowest BCUT2D eigenvalue weighted by Crippen LogP contribution is -2.24. The van der Waals surface area contributed by atoms with Crippen molar-refractivity contribution < 1.29 is 14.3 Å². The van der Waals surface area contributed by atoms with E-state index < -0.39 is 11.7 Å². The Bertz CT molecular complexity index is 1170. The molecule has 2 heterocycles. The maximum absolute atomic E-state index is 13.4. The van der Waals surface area contributed by atoms with E-state index in [1.165, 1.54) is 10.6 Å². The van der Waals surface area contributed by atoms with Crippen LogP contribution in [0, 0.1) is 12.7 Å². The van der Waals surface area contributed by atoms with Crippen LogP contribution in [-0.2, 0) is 4.79 Å². The van der Waals surface area contributed by atoms with Gasteiger partial charge in [0.15, 0.2) is 5.82 Å². The number of amides is 1. The Labute approximate surface area is 166 Å². The van der Waals surface area contributed by atoms with E-state index in [1.54, 1.807) is 6.20 Å². The van der Waals surface area contributed by atoms with E-state index in [0.717, 1.165) is 22.9 Å². The smallest absolute Gasteiger partial charge is 0.234 e. The molecule has 0 aliphatic carbocycles. The van der Waals surface area contributed by atoms with Gasteiger partial charge in [0.05, 0.1) is 24.4 Å². The molecule has 2 aromatic carbocycles. The summed E-state index contributed by atoms with van der Waals surface area (Å²) >= 11 is 0. The molecule has 2 aromatic heterocycles. The summed E-state index contributed by atoms with van der Waals surface area (Å²) in [6, 6.07) is 14.7. The van der Waals surface area contributed by atoms with Crippen LogP contribution in [0.4, 0.5) is 10.1 Å². The van der Waals surface area contributed by atoms with Crippen LogP contribution in [-0.4, -0.2) is 32.0 Å². The Morgan fingerprint density at radius 1 is 1.21 bits per heavy atom. The van der Waals surface area contributed by atoms with Crippen molar-refractivity contribution in [2.75, 3.05) is 11.9 Å². The fraction of sp³-hybridized carbons (Fsp3) is 0.136. The number of fused-ring (bicyclic) bond motifs is 1. The molecule has 1 amide bonds. The molecule has 0 spiro atoms. The van der Waals surface area contributed by atoms with Crippen molar-refractivity contribution in [2.45, 2.75) is 12.8 Å². The first-order valence-corrected chi connectivity index (χ1v) is 9.13. The van der Waals surface area contributed by atoms with Crippen LogP contribution in [0.3, 0.4) is 0 Å². The number of halogens is 1. The standard InChI is InChI=1S/C22H19FN4O2/c1-14-7-8-16(20-12-27-11-17(23)10-24-22(27)26-20)9-19(14)25-21(29)18(13-28)15-5-3-2-4-6-15/h2-12,18,28H,13H2,1H3,(H,25,29). The van der Waals surface area contributed by atoms with Crippen molar-refractivity contribution in [2.24, 2.45) is 0 Å². The quantitative estimate of drug-likeness (QED) is 0.546. The Balaban J connectivity index is 1.63. The lowest BCUT2D eigenvalue weighted by molar-refractivity contribution is -0.118. The number of aryl methyl sites for hydroxylation is 1. The molecule has 4 aromatic rings. The first kappa shape index (κ1) is 18.8. The van der Waals surface area contributed by atoms with Crippen molar-refractivity contribution >= 4 is 17.4 Å². The topological polar surface area (TPSA) is 79.5 Å². The predicted molar refractivity (Wildman–Crippen MR) is 108 cm³/mol. The molecule has 29 heavy (non-hydrogen) atoms. The van der Waals surface area contributed by atoms with Gasteiger partial charge in [0, 0.05) is 23.6 Å². The number of anilines is 1. The van der Waals surface area contributed by atoms with E-state index in [-0.39, 0.29) is 12.5 Å². The van der Waals surface area contributed by atoms with E-state index in [4.69, 9.17) is 0 Å². The van der Waals surface area contributed by atoms with Gasteiger partial charge in [-0.1, -0.05) is 42.5 Å². The molecular weight excluding hydrogens is 371 g/mol. The van der Waals surface area contributed by atoms with Gasteiger partial charge in [-0.05, 0) is 24.1 Å². The fourth-order valence-electron chi connectivity index (χ4n) is 3.16. The normalized spacial score (nSPS) is 12.1. The molecule has 0 fully saturated rings. The number of hydrogen-bond donors (Lipinski definition) is 2. The van der Waals surface area contributed by atoms with Crippen molar-refractivity contribution in [3.05, 3.63) is 84.1 Å². The van der Waals surface area contributed by atoms with E-state index >= 15 is 0 Å². The highest BCUT2D eigenvalue weighted by Crippen LogP contribution is 2.26. The summed E-state index contributed by atoms with van der Waals surface area (Å²) in [5.74, 6) is -1.02. The number of benzene rings is 2. The zero-order valence-corrected chi connectivity index (χ0v) is 15.7. The van der Waals surface area contributed by atoms with E-state index in [0.29, 0.717) is 17.2 Å². The average molecular weight is 390 g/mol. The van der Waals surface area contributed by atoms with Crippen LogP contribution in [0.25, 0.3) is 17.0 Å². The van der Waals surface area contributed by atoms with Gasteiger partial charge in [0.1, 0.15) is 0 Å². The van der Waals surface area contributed by atoms with Crippen LogP contribution >= 0.6 is 0 Å². The van der Waals surface area contributed by atoms with Gasteiger partial charge in [-0.25, -0.2) is 14.4 Å². The molecule has 0 saturated heterocycles. The number of carbonyl (C=O) groups is 1. The van der Waals surface area contributed by atoms with Crippen LogP contribution < -0.4 is 5.32 Å². The molecule has 0 aliphatic rings. The van der Waals surface area contributed by atoms with Gasteiger partial charge in [-0.15, -0.1) is 0 Å². The molecule has 0 aliphatic heterocycles. The number of carbonyl (C=O) groups excluding carboxylic acids is 1. The molecule has 0 bridgehead atoms. The maximum Gasteiger partial charge on any atom is 0.234 e. The minimum atomic E-state index is -0.665. The Morgan fingerprint density at radius 3 is 2.76 bits per heavy atom. The highest BCUT2D eigenvalue weighted by molar-refractivity contribution is 5.97. The van der Waals surface area contributed by atoms with E-state index in [9.17, 15) is 14.3 Å². The van der Waals surface area contributed by atoms with Crippen molar-refractivity contribution in [3.8, 4) is 11.3 Å². The summed E-state index contributed by atoms with van der Waals surface area (Å²) in [5.41, 5.74) is 3.62. The number of hydrogen-bond acceptors (Lipinski definition) is 4. The molecule has 6 nitrogen and oxygen atoms in total.